The summed E-state index contributed by atoms with van der Waals surface area (Å²) in [5.41, 5.74) is 0. The van der Waals surface area contributed by atoms with Gasteiger partial charge in [-0.15, -0.1) is 0 Å². The van der Waals surface area contributed by atoms with Crippen LogP contribution in [0.2, 0.25) is 0 Å². The van der Waals surface area contributed by atoms with Gasteiger partial charge in [0.1, 0.15) is 0 Å². The average molecular weight is 217 g/mol. The number of carbonyl (C=O) groups excluding carboxylic acids is 1. The molecule has 0 aliphatic heterocycles. The Bertz CT molecular complexity index is 180. The van der Waals surface area contributed by atoms with E-state index in [9.17, 15) is 15.0 Å². The zero-order chi connectivity index (χ0) is 12.0. The fraction of sp³-hybridized carbons (Fsp3) is 0.909. The van der Waals surface area contributed by atoms with Crippen molar-refractivity contribution in [3.63, 3.8) is 0 Å². The smallest absolute Gasteiger partial charge is 0.223 e. The van der Waals surface area contributed by atoms with Crippen molar-refractivity contribution in [3.8, 4) is 0 Å². The largest absolute Gasteiger partial charge is 0.392 e. The molecule has 2 atom stereocenters. The molecule has 4 heteroatoms. The number of carbonyl (C=O) groups is 1. The second kappa shape index (κ2) is 6.80. The summed E-state index contributed by atoms with van der Waals surface area (Å²) in [6.07, 6.45) is -0.654. The molecule has 4 nitrogen and oxygen atoms in total. The van der Waals surface area contributed by atoms with Crippen molar-refractivity contribution in [2.24, 2.45) is 5.92 Å². The molecule has 0 saturated heterocycles. The lowest BCUT2D eigenvalue weighted by Crippen LogP contribution is -2.41. The van der Waals surface area contributed by atoms with Gasteiger partial charge in [0.2, 0.25) is 5.91 Å². The summed E-state index contributed by atoms with van der Waals surface area (Å²) >= 11 is 0. The highest BCUT2D eigenvalue weighted by Crippen LogP contribution is 2.06. The Morgan fingerprint density at radius 1 is 1.07 bits per heavy atom. The molecule has 0 spiro atoms. The summed E-state index contributed by atoms with van der Waals surface area (Å²) in [6.45, 7) is 7.80. The number of hydrogen-bond donors (Lipinski definition) is 2. The van der Waals surface area contributed by atoms with Crippen LogP contribution in [0, 0.1) is 5.92 Å². The van der Waals surface area contributed by atoms with Crippen molar-refractivity contribution in [2.75, 3.05) is 13.1 Å². The lowest BCUT2D eigenvalue weighted by Gasteiger charge is -2.26. The Morgan fingerprint density at radius 3 is 1.73 bits per heavy atom. The van der Waals surface area contributed by atoms with Crippen LogP contribution in [-0.2, 0) is 4.79 Å². The number of aliphatic hydroxyl groups excluding tert-OH is 2. The number of nitrogens with zero attached hydrogens (tertiary/aromatic N) is 1. The topological polar surface area (TPSA) is 60.8 Å². The molecule has 90 valence electrons. The molecule has 0 rings (SSSR count). The van der Waals surface area contributed by atoms with Gasteiger partial charge in [0.25, 0.3) is 0 Å². The second-order valence-corrected chi connectivity index (χ2v) is 4.59. The Labute approximate surface area is 91.9 Å². The molecule has 0 aliphatic rings. The van der Waals surface area contributed by atoms with E-state index in [0.717, 1.165) is 0 Å². The van der Waals surface area contributed by atoms with Crippen LogP contribution in [0.25, 0.3) is 0 Å². The highest BCUT2D eigenvalue weighted by molar-refractivity contribution is 5.76. The van der Waals surface area contributed by atoms with E-state index >= 15 is 0 Å². The minimum absolute atomic E-state index is 0.00759. The highest BCUT2D eigenvalue weighted by atomic mass is 16.3. The fourth-order valence-corrected chi connectivity index (χ4v) is 1.39. The molecule has 0 aromatic heterocycles. The molecular weight excluding hydrogens is 194 g/mol. The van der Waals surface area contributed by atoms with Gasteiger partial charge in [-0.3, -0.25) is 4.79 Å². The summed E-state index contributed by atoms with van der Waals surface area (Å²) in [6, 6.07) is 0. The molecule has 0 heterocycles. The summed E-state index contributed by atoms with van der Waals surface area (Å²) in [5, 5.41) is 18.5. The molecule has 1 amide bonds. The van der Waals surface area contributed by atoms with Crippen LogP contribution >= 0.6 is 0 Å². The minimum atomic E-state index is -0.556. The van der Waals surface area contributed by atoms with Gasteiger partial charge in [-0.1, -0.05) is 13.8 Å². The summed E-state index contributed by atoms with van der Waals surface area (Å²) < 4.78 is 0. The molecule has 0 saturated carbocycles. The SMILES string of the molecule is CC(C)CC(=O)N(CC(C)O)CC(C)O. The van der Waals surface area contributed by atoms with Crippen LogP contribution in [-0.4, -0.2) is 46.3 Å². The third-order valence-corrected chi connectivity index (χ3v) is 1.90. The van der Waals surface area contributed by atoms with E-state index in [1.54, 1.807) is 13.8 Å². The molecule has 15 heavy (non-hydrogen) atoms. The first-order chi connectivity index (χ1) is 6.82. The van der Waals surface area contributed by atoms with Gasteiger partial charge in [0, 0.05) is 19.5 Å². The third-order valence-electron chi connectivity index (χ3n) is 1.90. The predicted octanol–water partition coefficient (Wildman–Crippen LogP) is 0.623. The van der Waals surface area contributed by atoms with Gasteiger partial charge in [-0.05, 0) is 19.8 Å². The fourth-order valence-electron chi connectivity index (χ4n) is 1.39. The van der Waals surface area contributed by atoms with Crippen LogP contribution < -0.4 is 0 Å². The van der Waals surface area contributed by atoms with Crippen molar-refractivity contribution >= 4 is 5.91 Å². The molecule has 2 unspecified atom stereocenters. The van der Waals surface area contributed by atoms with E-state index < -0.39 is 12.2 Å². The first-order valence-corrected chi connectivity index (χ1v) is 5.46. The number of aliphatic hydroxyl groups is 2. The lowest BCUT2D eigenvalue weighted by molar-refractivity contribution is -0.134. The summed E-state index contributed by atoms with van der Waals surface area (Å²) in [7, 11) is 0. The predicted molar refractivity (Wildman–Crippen MR) is 59.4 cm³/mol. The van der Waals surface area contributed by atoms with Gasteiger partial charge in [-0.2, -0.15) is 0 Å². The number of amides is 1. The molecule has 0 aromatic carbocycles. The zero-order valence-electron chi connectivity index (χ0n) is 10.1. The molecule has 0 aromatic rings. The van der Waals surface area contributed by atoms with Crippen molar-refractivity contribution in [2.45, 2.75) is 46.3 Å². The maximum absolute atomic E-state index is 11.7. The van der Waals surface area contributed by atoms with Crippen molar-refractivity contribution < 1.29 is 15.0 Å². The van der Waals surface area contributed by atoms with Gasteiger partial charge < -0.3 is 15.1 Å². The zero-order valence-corrected chi connectivity index (χ0v) is 10.1. The van der Waals surface area contributed by atoms with Gasteiger partial charge >= 0.3 is 0 Å². The van der Waals surface area contributed by atoms with Crippen molar-refractivity contribution in [3.05, 3.63) is 0 Å². The molecule has 0 bridgehead atoms. The number of hydrogen-bond acceptors (Lipinski definition) is 3. The summed E-state index contributed by atoms with van der Waals surface area (Å²) in [4.78, 5) is 13.3. The van der Waals surface area contributed by atoms with Crippen molar-refractivity contribution in [1.29, 1.82) is 0 Å². The lowest BCUT2D eigenvalue weighted by atomic mass is 10.1. The molecule has 2 N–H and O–H groups in total. The Balaban J connectivity index is 4.27. The second-order valence-electron chi connectivity index (χ2n) is 4.59. The number of rotatable bonds is 6. The third kappa shape index (κ3) is 7.33. The first kappa shape index (κ1) is 14.4. The van der Waals surface area contributed by atoms with Crippen molar-refractivity contribution in [1.82, 2.24) is 4.90 Å². The van der Waals surface area contributed by atoms with E-state index in [-0.39, 0.29) is 19.0 Å². The van der Waals surface area contributed by atoms with E-state index in [0.29, 0.717) is 12.3 Å². The monoisotopic (exact) mass is 217 g/mol. The molecule has 0 aliphatic carbocycles. The standard InChI is InChI=1S/C11H23NO3/c1-8(2)5-11(15)12(6-9(3)13)7-10(4)14/h8-10,13-14H,5-7H2,1-4H3. The summed E-state index contributed by atoms with van der Waals surface area (Å²) in [5.74, 6) is 0.287. The maximum atomic E-state index is 11.7. The highest BCUT2D eigenvalue weighted by Gasteiger charge is 2.17. The van der Waals surface area contributed by atoms with Gasteiger partial charge in [-0.25, -0.2) is 0 Å². The quantitative estimate of drug-likeness (QED) is 0.685. The van der Waals surface area contributed by atoms with Crippen LogP contribution in [0.15, 0.2) is 0 Å². The molecule has 0 fully saturated rings. The van der Waals surface area contributed by atoms with Crippen LogP contribution in [0.4, 0.5) is 0 Å². The molecular formula is C11H23NO3. The van der Waals surface area contributed by atoms with Gasteiger partial charge in [0.05, 0.1) is 12.2 Å². The first-order valence-electron chi connectivity index (χ1n) is 5.46. The van der Waals surface area contributed by atoms with E-state index in [2.05, 4.69) is 0 Å². The maximum Gasteiger partial charge on any atom is 0.223 e. The van der Waals surface area contributed by atoms with E-state index in [1.807, 2.05) is 13.8 Å². The van der Waals surface area contributed by atoms with E-state index in [4.69, 9.17) is 0 Å². The van der Waals surface area contributed by atoms with Crippen LogP contribution in [0.3, 0.4) is 0 Å². The Morgan fingerprint density at radius 2 is 1.47 bits per heavy atom. The van der Waals surface area contributed by atoms with Crippen LogP contribution in [0.1, 0.15) is 34.1 Å². The van der Waals surface area contributed by atoms with E-state index in [1.165, 1.54) is 4.90 Å². The van der Waals surface area contributed by atoms with Crippen LogP contribution in [0.5, 0.6) is 0 Å². The van der Waals surface area contributed by atoms with Gasteiger partial charge in [0.15, 0.2) is 0 Å². The normalized spacial score (nSPS) is 15.1. The molecule has 0 radical (unpaired) electrons. The average Bonchev–Trinajstić information content (AvgIpc) is 1.99. The minimum Gasteiger partial charge on any atom is -0.392 e. The Hall–Kier alpha value is -0.610. The Kier molecular flexibility index (Phi) is 6.52.